The SMILES string of the molecule is COc1cc(CN2C[C@H](Sc3ccc(F)cc3)C[C@H]2C(=O)NC(C)C)cc2c1OCO2. The molecule has 1 amide bonds. The normalized spacial score (nSPS) is 20.3. The topological polar surface area (TPSA) is 60.0 Å². The van der Waals surface area contributed by atoms with E-state index in [1.165, 1.54) is 12.1 Å². The first-order valence-electron chi connectivity index (χ1n) is 10.4. The third kappa shape index (κ3) is 5.07. The lowest BCUT2D eigenvalue weighted by atomic mass is 10.1. The Morgan fingerprint density at radius 2 is 2.06 bits per heavy atom. The number of amides is 1. The number of carbonyl (C=O) groups excluding carboxylic acids is 1. The van der Waals surface area contributed by atoms with Crippen LogP contribution in [-0.2, 0) is 11.3 Å². The summed E-state index contributed by atoms with van der Waals surface area (Å²) < 4.78 is 29.7. The van der Waals surface area contributed by atoms with Crippen LogP contribution in [0, 0.1) is 5.82 Å². The highest BCUT2D eigenvalue weighted by Gasteiger charge is 2.37. The summed E-state index contributed by atoms with van der Waals surface area (Å²) in [4.78, 5) is 16.1. The number of hydrogen-bond acceptors (Lipinski definition) is 6. The minimum Gasteiger partial charge on any atom is -0.493 e. The molecule has 2 atom stereocenters. The van der Waals surface area contributed by atoms with Crippen LogP contribution in [0.25, 0.3) is 0 Å². The van der Waals surface area contributed by atoms with Gasteiger partial charge in [0, 0.05) is 29.3 Å². The fourth-order valence-corrected chi connectivity index (χ4v) is 5.21. The predicted molar refractivity (Wildman–Crippen MR) is 117 cm³/mol. The molecule has 2 aliphatic heterocycles. The summed E-state index contributed by atoms with van der Waals surface area (Å²) in [6, 6.07) is 10.2. The quantitative estimate of drug-likeness (QED) is 0.698. The zero-order chi connectivity index (χ0) is 22.0. The van der Waals surface area contributed by atoms with Crippen LogP contribution >= 0.6 is 11.8 Å². The van der Waals surface area contributed by atoms with Crippen molar-refractivity contribution in [2.45, 2.75) is 49.0 Å². The number of carbonyl (C=O) groups is 1. The van der Waals surface area contributed by atoms with Crippen LogP contribution in [0.3, 0.4) is 0 Å². The van der Waals surface area contributed by atoms with Gasteiger partial charge >= 0.3 is 0 Å². The van der Waals surface area contributed by atoms with Gasteiger partial charge < -0.3 is 19.5 Å². The van der Waals surface area contributed by atoms with Crippen LogP contribution < -0.4 is 19.5 Å². The zero-order valence-electron chi connectivity index (χ0n) is 17.9. The highest BCUT2D eigenvalue weighted by Crippen LogP contribution is 2.42. The maximum atomic E-state index is 13.3. The van der Waals surface area contributed by atoms with Gasteiger partial charge in [0.1, 0.15) is 5.82 Å². The van der Waals surface area contributed by atoms with E-state index in [1.54, 1.807) is 31.0 Å². The molecule has 4 rings (SSSR count). The Bertz CT molecular complexity index is 938. The van der Waals surface area contributed by atoms with Gasteiger partial charge in [0.2, 0.25) is 18.4 Å². The molecule has 31 heavy (non-hydrogen) atoms. The lowest BCUT2D eigenvalue weighted by molar-refractivity contribution is -0.126. The van der Waals surface area contributed by atoms with E-state index in [1.807, 2.05) is 26.0 Å². The van der Waals surface area contributed by atoms with Crippen molar-refractivity contribution in [3.63, 3.8) is 0 Å². The minimum absolute atomic E-state index is 0.0323. The van der Waals surface area contributed by atoms with E-state index in [-0.39, 0.29) is 35.9 Å². The molecule has 1 N–H and O–H groups in total. The van der Waals surface area contributed by atoms with Crippen LogP contribution in [0.4, 0.5) is 4.39 Å². The molecule has 8 heteroatoms. The molecule has 0 spiro atoms. The number of benzene rings is 2. The number of fused-ring (bicyclic) bond motifs is 1. The van der Waals surface area contributed by atoms with Gasteiger partial charge in [-0.25, -0.2) is 4.39 Å². The summed E-state index contributed by atoms with van der Waals surface area (Å²) in [7, 11) is 1.60. The molecule has 1 saturated heterocycles. The van der Waals surface area contributed by atoms with Gasteiger partial charge in [0.05, 0.1) is 13.2 Å². The van der Waals surface area contributed by atoms with E-state index in [2.05, 4.69) is 10.2 Å². The average molecular weight is 447 g/mol. The number of rotatable bonds is 7. The molecular formula is C23H27FN2O4S. The number of thioether (sulfide) groups is 1. The van der Waals surface area contributed by atoms with Crippen LogP contribution in [0.2, 0.25) is 0 Å². The Hall–Kier alpha value is -2.45. The zero-order valence-corrected chi connectivity index (χ0v) is 18.7. The van der Waals surface area contributed by atoms with Gasteiger partial charge in [0.25, 0.3) is 0 Å². The van der Waals surface area contributed by atoms with Crippen molar-refractivity contribution in [1.29, 1.82) is 0 Å². The highest BCUT2D eigenvalue weighted by molar-refractivity contribution is 8.00. The molecule has 2 aromatic rings. The number of halogens is 1. The Morgan fingerprint density at radius 3 is 2.77 bits per heavy atom. The molecule has 0 aliphatic carbocycles. The summed E-state index contributed by atoms with van der Waals surface area (Å²) in [6.07, 6.45) is 0.724. The van der Waals surface area contributed by atoms with Crippen LogP contribution in [0.5, 0.6) is 17.2 Å². The standard InChI is InChI=1S/C23H27FN2O4S/c1-14(2)25-23(27)19-10-18(31-17-6-4-16(24)5-7-17)12-26(19)11-15-8-20(28-3)22-21(9-15)29-13-30-22/h4-9,14,18-19H,10-13H2,1-3H3,(H,25,27)/t18-,19+/m1/s1. The van der Waals surface area contributed by atoms with E-state index in [0.29, 0.717) is 23.8 Å². The van der Waals surface area contributed by atoms with Crippen molar-refractivity contribution in [2.24, 2.45) is 0 Å². The molecule has 166 valence electrons. The Labute approximate surface area is 186 Å². The second-order valence-corrected chi connectivity index (χ2v) is 9.44. The predicted octanol–water partition coefficient (Wildman–Crippen LogP) is 3.82. The highest BCUT2D eigenvalue weighted by atomic mass is 32.2. The number of hydrogen-bond donors (Lipinski definition) is 1. The summed E-state index contributed by atoms with van der Waals surface area (Å²) in [5.41, 5.74) is 0.996. The number of nitrogens with zero attached hydrogens (tertiary/aromatic N) is 1. The lowest BCUT2D eigenvalue weighted by Crippen LogP contribution is -2.45. The van der Waals surface area contributed by atoms with E-state index in [9.17, 15) is 9.18 Å². The second-order valence-electron chi connectivity index (χ2n) is 8.07. The number of nitrogens with one attached hydrogen (secondary N) is 1. The second kappa shape index (κ2) is 9.36. The molecule has 2 heterocycles. The van der Waals surface area contributed by atoms with Crippen molar-refractivity contribution in [3.8, 4) is 17.2 Å². The number of ether oxygens (including phenoxy) is 3. The largest absolute Gasteiger partial charge is 0.493 e. The summed E-state index contributed by atoms with van der Waals surface area (Å²) >= 11 is 1.68. The third-order valence-corrected chi connectivity index (χ3v) is 6.54. The molecular weight excluding hydrogens is 419 g/mol. The molecule has 0 bridgehead atoms. The van der Waals surface area contributed by atoms with E-state index >= 15 is 0 Å². The molecule has 2 aliphatic rings. The Balaban J connectivity index is 1.53. The van der Waals surface area contributed by atoms with Gasteiger partial charge in [-0.05, 0) is 62.2 Å². The summed E-state index contributed by atoms with van der Waals surface area (Å²) in [6.45, 7) is 5.43. The minimum atomic E-state index is -0.247. The van der Waals surface area contributed by atoms with Crippen molar-refractivity contribution >= 4 is 17.7 Å². The van der Waals surface area contributed by atoms with E-state index in [0.717, 1.165) is 23.4 Å². The molecule has 1 fully saturated rings. The lowest BCUT2D eigenvalue weighted by Gasteiger charge is -2.24. The Kier molecular flexibility index (Phi) is 6.57. The first-order valence-corrected chi connectivity index (χ1v) is 11.2. The van der Waals surface area contributed by atoms with Crippen molar-refractivity contribution in [2.75, 3.05) is 20.4 Å². The smallest absolute Gasteiger partial charge is 0.237 e. The molecule has 6 nitrogen and oxygen atoms in total. The summed E-state index contributed by atoms with van der Waals surface area (Å²) in [5, 5.41) is 3.27. The van der Waals surface area contributed by atoms with Gasteiger partial charge in [-0.15, -0.1) is 11.8 Å². The molecule has 2 aromatic carbocycles. The molecule has 0 unspecified atom stereocenters. The monoisotopic (exact) mass is 446 g/mol. The van der Waals surface area contributed by atoms with Crippen molar-refractivity contribution in [3.05, 3.63) is 47.8 Å². The molecule has 0 saturated carbocycles. The molecule has 0 radical (unpaired) electrons. The average Bonchev–Trinajstić information content (AvgIpc) is 3.35. The first kappa shape index (κ1) is 21.8. The van der Waals surface area contributed by atoms with Crippen molar-refractivity contribution in [1.82, 2.24) is 10.2 Å². The maximum absolute atomic E-state index is 13.3. The fraction of sp³-hybridized carbons (Fsp3) is 0.435. The number of methoxy groups -OCH3 is 1. The van der Waals surface area contributed by atoms with Crippen LogP contribution in [-0.4, -0.2) is 48.6 Å². The van der Waals surface area contributed by atoms with Crippen LogP contribution in [0.1, 0.15) is 25.8 Å². The maximum Gasteiger partial charge on any atom is 0.237 e. The van der Waals surface area contributed by atoms with Gasteiger partial charge in [-0.2, -0.15) is 0 Å². The molecule has 0 aromatic heterocycles. The number of likely N-dealkylation sites (tertiary alicyclic amines) is 1. The van der Waals surface area contributed by atoms with Crippen LogP contribution in [0.15, 0.2) is 41.3 Å². The third-order valence-electron chi connectivity index (χ3n) is 5.32. The Morgan fingerprint density at radius 1 is 1.29 bits per heavy atom. The van der Waals surface area contributed by atoms with Gasteiger partial charge in [-0.3, -0.25) is 9.69 Å². The van der Waals surface area contributed by atoms with E-state index < -0.39 is 0 Å². The first-order chi connectivity index (χ1) is 14.9. The fourth-order valence-electron chi connectivity index (χ4n) is 3.99. The van der Waals surface area contributed by atoms with E-state index in [4.69, 9.17) is 14.2 Å². The van der Waals surface area contributed by atoms with Crippen molar-refractivity contribution < 1.29 is 23.4 Å². The van der Waals surface area contributed by atoms with Gasteiger partial charge in [0.15, 0.2) is 11.5 Å². The summed E-state index contributed by atoms with van der Waals surface area (Å²) in [5.74, 6) is 1.69. The van der Waals surface area contributed by atoms with Gasteiger partial charge in [-0.1, -0.05) is 0 Å².